The molecule has 2 aromatic rings. The zero-order valence-electron chi connectivity index (χ0n) is 7.07. The maximum absolute atomic E-state index is 9.24. The third-order valence-electron chi connectivity index (χ3n) is 1.97. The van der Waals surface area contributed by atoms with Gasteiger partial charge in [-0.15, -0.1) is 0 Å². The Morgan fingerprint density at radius 2 is 2.08 bits per heavy atom. The van der Waals surface area contributed by atoms with Crippen molar-refractivity contribution >= 4 is 10.8 Å². The van der Waals surface area contributed by atoms with Crippen LogP contribution in [0.3, 0.4) is 0 Å². The Labute approximate surface area is 75.8 Å². The molecule has 0 spiro atoms. The van der Waals surface area contributed by atoms with E-state index >= 15 is 0 Å². The van der Waals surface area contributed by atoms with Gasteiger partial charge in [0, 0.05) is 18.1 Å². The minimum absolute atomic E-state index is 0.265. The quantitative estimate of drug-likeness (QED) is 0.687. The number of hydrogen-bond acceptors (Lipinski definition) is 3. The summed E-state index contributed by atoms with van der Waals surface area (Å²) >= 11 is 0. The van der Waals surface area contributed by atoms with E-state index in [1.165, 1.54) is 0 Å². The number of pyridine rings is 1. The lowest BCUT2D eigenvalue weighted by Gasteiger charge is -2.00. The predicted octanol–water partition coefficient (Wildman–Crippen LogP) is 1.40. The summed E-state index contributed by atoms with van der Waals surface area (Å²) in [6, 6.07) is 7.06. The van der Waals surface area contributed by atoms with Crippen LogP contribution in [0.1, 0.15) is 5.69 Å². The summed E-state index contributed by atoms with van der Waals surface area (Å²) in [5.41, 5.74) is 6.29. The van der Waals surface area contributed by atoms with Crippen LogP contribution in [0.25, 0.3) is 10.8 Å². The number of hydrogen-bond donors (Lipinski definition) is 2. The maximum atomic E-state index is 9.24. The van der Waals surface area contributed by atoms with Crippen LogP contribution in [-0.4, -0.2) is 10.1 Å². The molecule has 1 aromatic heterocycles. The Hall–Kier alpha value is -1.61. The molecule has 0 amide bonds. The van der Waals surface area contributed by atoms with Gasteiger partial charge in [-0.3, -0.25) is 4.98 Å². The summed E-state index contributed by atoms with van der Waals surface area (Å²) in [4.78, 5) is 4.15. The van der Waals surface area contributed by atoms with E-state index in [0.29, 0.717) is 6.54 Å². The number of rotatable bonds is 1. The predicted molar refractivity (Wildman–Crippen MR) is 51.3 cm³/mol. The van der Waals surface area contributed by atoms with Crippen molar-refractivity contribution in [1.29, 1.82) is 0 Å². The van der Waals surface area contributed by atoms with Gasteiger partial charge in [0.1, 0.15) is 5.75 Å². The first kappa shape index (κ1) is 8.01. The molecule has 0 aliphatic carbocycles. The van der Waals surface area contributed by atoms with E-state index in [0.717, 1.165) is 16.5 Å². The number of aromatic nitrogens is 1. The molecule has 3 heteroatoms. The van der Waals surface area contributed by atoms with E-state index in [1.807, 2.05) is 12.1 Å². The van der Waals surface area contributed by atoms with Crippen molar-refractivity contribution in [2.45, 2.75) is 6.54 Å². The van der Waals surface area contributed by atoms with Gasteiger partial charge < -0.3 is 10.8 Å². The fourth-order valence-electron chi connectivity index (χ4n) is 1.29. The van der Waals surface area contributed by atoms with Gasteiger partial charge in [0.15, 0.2) is 0 Å². The van der Waals surface area contributed by atoms with Gasteiger partial charge in [0.2, 0.25) is 0 Å². The highest BCUT2D eigenvalue weighted by molar-refractivity contribution is 5.83. The Morgan fingerprint density at radius 3 is 2.85 bits per heavy atom. The van der Waals surface area contributed by atoms with Crippen molar-refractivity contribution in [1.82, 2.24) is 4.98 Å². The molecule has 3 N–H and O–H groups in total. The van der Waals surface area contributed by atoms with Gasteiger partial charge in [0.25, 0.3) is 0 Å². The zero-order valence-corrected chi connectivity index (χ0v) is 7.07. The monoisotopic (exact) mass is 174 g/mol. The number of fused-ring (bicyclic) bond motifs is 1. The van der Waals surface area contributed by atoms with Crippen molar-refractivity contribution in [2.24, 2.45) is 5.73 Å². The zero-order chi connectivity index (χ0) is 9.26. The molecule has 0 atom stereocenters. The highest BCUT2D eigenvalue weighted by Crippen LogP contribution is 2.19. The molecule has 0 radical (unpaired) electrons. The van der Waals surface area contributed by atoms with Crippen LogP contribution < -0.4 is 5.73 Å². The molecule has 3 nitrogen and oxygen atoms in total. The summed E-state index contributed by atoms with van der Waals surface area (Å²) in [7, 11) is 0. The lowest BCUT2D eigenvalue weighted by Crippen LogP contribution is -1.98. The molecule has 0 aliphatic rings. The standard InChI is InChI=1S/C10H10N2O/c11-5-9-3-8-4-10(13)2-1-7(8)6-12-9/h1-4,6,13H,5,11H2. The minimum atomic E-state index is 0.265. The molecule has 0 fully saturated rings. The summed E-state index contributed by atoms with van der Waals surface area (Å²) in [6.07, 6.45) is 1.76. The van der Waals surface area contributed by atoms with Crippen molar-refractivity contribution in [3.63, 3.8) is 0 Å². The van der Waals surface area contributed by atoms with Gasteiger partial charge in [0.05, 0.1) is 5.69 Å². The van der Waals surface area contributed by atoms with Crippen molar-refractivity contribution in [3.05, 3.63) is 36.2 Å². The lowest BCUT2D eigenvalue weighted by atomic mass is 10.1. The van der Waals surface area contributed by atoms with Crippen LogP contribution in [0.2, 0.25) is 0 Å². The SMILES string of the molecule is NCc1cc2cc(O)ccc2cn1. The number of benzene rings is 1. The minimum Gasteiger partial charge on any atom is -0.508 e. The fourth-order valence-corrected chi connectivity index (χ4v) is 1.29. The molecule has 13 heavy (non-hydrogen) atoms. The summed E-state index contributed by atoms with van der Waals surface area (Å²) in [6.45, 7) is 0.422. The third-order valence-corrected chi connectivity index (χ3v) is 1.97. The van der Waals surface area contributed by atoms with E-state index in [2.05, 4.69) is 4.98 Å². The third kappa shape index (κ3) is 1.46. The molecule has 0 saturated carbocycles. The van der Waals surface area contributed by atoms with Crippen LogP contribution in [0.15, 0.2) is 30.5 Å². The first-order valence-corrected chi connectivity index (χ1v) is 4.07. The maximum Gasteiger partial charge on any atom is 0.116 e. The topological polar surface area (TPSA) is 59.1 Å². The molecule has 0 bridgehead atoms. The first-order valence-electron chi connectivity index (χ1n) is 4.07. The Kier molecular flexibility index (Phi) is 1.87. The molecule has 0 aliphatic heterocycles. The molecule has 0 unspecified atom stereocenters. The Balaban J connectivity index is 2.68. The van der Waals surface area contributed by atoms with Gasteiger partial charge >= 0.3 is 0 Å². The smallest absolute Gasteiger partial charge is 0.116 e. The second kappa shape index (κ2) is 3.03. The van der Waals surface area contributed by atoms with Crippen LogP contribution in [-0.2, 0) is 6.54 Å². The second-order valence-corrected chi connectivity index (χ2v) is 2.91. The fraction of sp³-hybridized carbons (Fsp3) is 0.100. The Bertz CT molecular complexity index is 440. The number of nitrogens with two attached hydrogens (primary N) is 1. The largest absolute Gasteiger partial charge is 0.508 e. The van der Waals surface area contributed by atoms with E-state index in [1.54, 1.807) is 18.3 Å². The Morgan fingerprint density at radius 1 is 1.23 bits per heavy atom. The van der Waals surface area contributed by atoms with Crippen LogP contribution in [0.5, 0.6) is 5.75 Å². The van der Waals surface area contributed by atoms with Crippen LogP contribution >= 0.6 is 0 Å². The van der Waals surface area contributed by atoms with Crippen LogP contribution in [0, 0.1) is 0 Å². The average molecular weight is 174 g/mol. The van der Waals surface area contributed by atoms with Crippen molar-refractivity contribution in [3.8, 4) is 5.75 Å². The summed E-state index contributed by atoms with van der Waals surface area (Å²) in [5.74, 6) is 0.265. The first-order chi connectivity index (χ1) is 6.29. The second-order valence-electron chi connectivity index (χ2n) is 2.91. The summed E-state index contributed by atoms with van der Waals surface area (Å²) in [5, 5.41) is 11.2. The van der Waals surface area contributed by atoms with E-state index in [9.17, 15) is 5.11 Å². The van der Waals surface area contributed by atoms with Gasteiger partial charge in [-0.25, -0.2) is 0 Å². The summed E-state index contributed by atoms with van der Waals surface area (Å²) < 4.78 is 0. The van der Waals surface area contributed by atoms with Gasteiger partial charge in [-0.2, -0.15) is 0 Å². The number of phenols is 1. The normalized spacial score (nSPS) is 10.5. The van der Waals surface area contributed by atoms with Crippen molar-refractivity contribution in [2.75, 3.05) is 0 Å². The molecule has 1 aromatic carbocycles. The lowest BCUT2D eigenvalue weighted by molar-refractivity contribution is 0.476. The molecule has 2 rings (SSSR count). The molecular weight excluding hydrogens is 164 g/mol. The molecular formula is C10H10N2O. The number of aromatic hydroxyl groups is 1. The van der Waals surface area contributed by atoms with Crippen LogP contribution in [0.4, 0.5) is 0 Å². The molecule has 66 valence electrons. The number of nitrogens with zero attached hydrogens (tertiary/aromatic N) is 1. The average Bonchev–Trinajstić information content (AvgIpc) is 2.16. The van der Waals surface area contributed by atoms with Gasteiger partial charge in [-0.05, 0) is 29.7 Å². The molecule has 0 saturated heterocycles. The van der Waals surface area contributed by atoms with E-state index in [4.69, 9.17) is 5.73 Å². The van der Waals surface area contributed by atoms with E-state index < -0.39 is 0 Å². The molecule has 1 heterocycles. The van der Waals surface area contributed by atoms with Crippen molar-refractivity contribution < 1.29 is 5.11 Å². The highest BCUT2D eigenvalue weighted by atomic mass is 16.3. The number of phenolic OH excluding ortho intramolecular Hbond substituents is 1. The van der Waals surface area contributed by atoms with Gasteiger partial charge in [-0.1, -0.05) is 0 Å². The van der Waals surface area contributed by atoms with E-state index in [-0.39, 0.29) is 5.75 Å². The highest BCUT2D eigenvalue weighted by Gasteiger charge is 1.97.